The van der Waals surface area contributed by atoms with Crippen LogP contribution < -0.4 is 11.1 Å². The molecule has 4 heteroatoms. The van der Waals surface area contributed by atoms with Gasteiger partial charge in [0.05, 0.1) is 11.5 Å². The van der Waals surface area contributed by atoms with Crippen LogP contribution in [0.4, 0.5) is 0 Å². The Morgan fingerprint density at radius 3 is 2.72 bits per heavy atom. The standard InChI is InChI=1S/C14H21ClN2O/c1-4-14(3,9-16)13(18)17-10(2)11-6-5-7-12(15)8-11/h5-8,10H,4,9,16H2,1-3H3,(H,17,18). The van der Waals surface area contributed by atoms with Crippen molar-refractivity contribution in [2.75, 3.05) is 6.54 Å². The SMILES string of the molecule is CCC(C)(CN)C(=O)NC(C)c1cccc(Cl)c1. The first-order valence-corrected chi connectivity index (χ1v) is 6.57. The summed E-state index contributed by atoms with van der Waals surface area (Å²) in [6.07, 6.45) is 0.720. The van der Waals surface area contributed by atoms with Crippen LogP contribution in [0.2, 0.25) is 5.02 Å². The molecular formula is C14H21ClN2O. The Labute approximate surface area is 114 Å². The van der Waals surface area contributed by atoms with Crippen molar-refractivity contribution in [3.63, 3.8) is 0 Å². The summed E-state index contributed by atoms with van der Waals surface area (Å²) in [6, 6.07) is 7.42. The van der Waals surface area contributed by atoms with Crippen LogP contribution in [-0.2, 0) is 4.79 Å². The number of carbonyl (C=O) groups is 1. The van der Waals surface area contributed by atoms with Crippen molar-refractivity contribution in [1.29, 1.82) is 0 Å². The molecule has 3 N–H and O–H groups in total. The Kier molecular flexibility index (Phi) is 5.17. The number of nitrogens with one attached hydrogen (secondary N) is 1. The van der Waals surface area contributed by atoms with E-state index >= 15 is 0 Å². The third-order valence-electron chi connectivity index (χ3n) is 3.48. The van der Waals surface area contributed by atoms with Crippen LogP contribution in [0.25, 0.3) is 0 Å². The summed E-state index contributed by atoms with van der Waals surface area (Å²) in [5, 5.41) is 3.66. The third kappa shape index (κ3) is 3.47. The van der Waals surface area contributed by atoms with Gasteiger partial charge in [0.1, 0.15) is 0 Å². The van der Waals surface area contributed by atoms with Crippen LogP contribution >= 0.6 is 11.6 Å². The summed E-state index contributed by atoms with van der Waals surface area (Å²) < 4.78 is 0. The van der Waals surface area contributed by atoms with Gasteiger partial charge in [-0.2, -0.15) is 0 Å². The summed E-state index contributed by atoms with van der Waals surface area (Å²) in [4.78, 5) is 12.2. The van der Waals surface area contributed by atoms with Crippen LogP contribution in [0.3, 0.4) is 0 Å². The topological polar surface area (TPSA) is 55.1 Å². The van der Waals surface area contributed by atoms with Gasteiger partial charge in [-0.15, -0.1) is 0 Å². The van der Waals surface area contributed by atoms with E-state index in [-0.39, 0.29) is 11.9 Å². The van der Waals surface area contributed by atoms with Crippen molar-refractivity contribution < 1.29 is 4.79 Å². The monoisotopic (exact) mass is 268 g/mol. The second kappa shape index (κ2) is 6.21. The second-order valence-electron chi connectivity index (χ2n) is 4.87. The summed E-state index contributed by atoms with van der Waals surface area (Å²) >= 11 is 5.94. The van der Waals surface area contributed by atoms with Crippen molar-refractivity contribution in [2.24, 2.45) is 11.1 Å². The Hall–Kier alpha value is -1.06. The molecule has 3 nitrogen and oxygen atoms in total. The molecule has 1 aromatic carbocycles. The van der Waals surface area contributed by atoms with Gasteiger partial charge in [0.2, 0.25) is 5.91 Å². The van der Waals surface area contributed by atoms with Gasteiger partial charge in [-0.05, 0) is 38.0 Å². The Bertz CT molecular complexity index is 416. The largest absolute Gasteiger partial charge is 0.349 e. The van der Waals surface area contributed by atoms with Crippen molar-refractivity contribution in [1.82, 2.24) is 5.32 Å². The van der Waals surface area contributed by atoms with E-state index in [0.717, 1.165) is 12.0 Å². The van der Waals surface area contributed by atoms with Crippen molar-refractivity contribution in [2.45, 2.75) is 33.2 Å². The predicted octanol–water partition coefficient (Wildman–Crippen LogP) is 2.89. The Morgan fingerprint density at radius 2 is 2.22 bits per heavy atom. The first-order chi connectivity index (χ1) is 8.42. The average Bonchev–Trinajstić information content (AvgIpc) is 2.37. The van der Waals surface area contributed by atoms with Gasteiger partial charge in [0.15, 0.2) is 0 Å². The first-order valence-electron chi connectivity index (χ1n) is 6.19. The smallest absolute Gasteiger partial charge is 0.227 e. The van der Waals surface area contributed by atoms with Gasteiger partial charge in [-0.3, -0.25) is 4.79 Å². The minimum Gasteiger partial charge on any atom is -0.349 e. The fraction of sp³-hybridized carbons (Fsp3) is 0.500. The highest BCUT2D eigenvalue weighted by atomic mass is 35.5. The minimum absolute atomic E-state index is 0.0139. The molecular weight excluding hydrogens is 248 g/mol. The second-order valence-corrected chi connectivity index (χ2v) is 5.30. The summed E-state index contributed by atoms with van der Waals surface area (Å²) in [5.41, 5.74) is 6.16. The molecule has 0 saturated carbocycles. The van der Waals surface area contributed by atoms with E-state index in [1.807, 2.05) is 45.0 Å². The number of nitrogens with two attached hydrogens (primary N) is 1. The molecule has 100 valence electrons. The third-order valence-corrected chi connectivity index (χ3v) is 3.71. The molecule has 0 bridgehead atoms. The Morgan fingerprint density at radius 1 is 1.56 bits per heavy atom. The molecule has 2 atom stereocenters. The van der Waals surface area contributed by atoms with Gasteiger partial charge < -0.3 is 11.1 Å². The average molecular weight is 269 g/mol. The lowest BCUT2D eigenvalue weighted by molar-refractivity contribution is -0.130. The molecule has 0 aliphatic carbocycles. The molecule has 0 saturated heterocycles. The molecule has 0 fully saturated rings. The van der Waals surface area contributed by atoms with Crippen molar-refractivity contribution in [3.8, 4) is 0 Å². The molecule has 0 heterocycles. The zero-order chi connectivity index (χ0) is 13.8. The van der Waals surface area contributed by atoms with E-state index in [1.165, 1.54) is 0 Å². The van der Waals surface area contributed by atoms with E-state index in [2.05, 4.69) is 5.32 Å². The zero-order valence-electron chi connectivity index (χ0n) is 11.2. The maximum Gasteiger partial charge on any atom is 0.227 e. The number of hydrogen-bond donors (Lipinski definition) is 2. The van der Waals surface area contributed by atoms with Crippen LogP contribution in [0.1, 0.15) is 38.8 Å². The van der Waals surface area contributed by atoms with Gasteiger partial charge in [0, 0.05) is 11.6 Å². The van der Waals surface area contributed by atoms with Crippen LogP contribution in [0.5, 0.6) is 0 Å². The lowest BCUT2D eigenvalue weighted by Gasteiger charge is -2.27. The fourth-order valence-electron chi connectivity index (χ4n) is 1.63. The molecule has 0 aromatic heterocycles. The first kappa shape index (κ1) is 15.0. The molecule has 2 unspecified atom stereocenters. The maximum atomic E-state index is 12.2. The highest BCUT2D eigenvalue weighted by Crippen LogP contribution is 2.22. The van der Waals surface area contributed by atoms with Gasteiger partial charge in [-0.25, -0.2) is 0 Å². The number of carbonyl (C=O) groups excluding carboxylic acids is 1. The molecule has 1 aromatic rings. The van der Waals surface area contributed by atoms with Crippen molar-refractivity contribution >= 4 is 17.5 Å². The van der Waals surface area contributed by atoms with Gasteiger partial charge in [-0.1, -0.05) is 30.7 Å². The predicted molar refractivity (Wildman–Crippen MR) is 75.5 cm³/mol. The normalized spacial score (nSPS) is 15.8. The zero-order valence-corrected chi connectivity index (χ0v) is 11.9. The number of hydrogen-bond acceptors (Lipinski definition) is 2. The summed E-state index contributed by atoms with van der Waals surface area (Å²) in [5.74, 6) is -0.0139. The summed E-state index contributed by atoms with van der Waals surface area (Å²) in [7, 11) is 0. The molecule has 18 heavy (non-hydrogen) atoms. The highest BCUT2D eigenvalue weighted by molar-refractivity contribution is 6.30. The molecule has 0 spiro atoms. The van der Waals surface area contributed by atoms with Crippen LogP contribution in [0.15, 0.2) is 24.3 Å². The lowest BCUT2D eigenvalue weighted by Crippen LogP contribution is -2.44. The number of halogens is 1. The van der Waals surface area contributed by atoms with Crippen LogP contribution in [-0.4, -0.2) is 12.5 Å². The molecule has 1 rings (SSSR count). The van der Waals surface area contributed by atoms with E-state index < -0.39 is 5.41 Å². The van der Waals surface area contributed by atoms with E-state index in [9.17, 15) is 4.79 Å². The highest BCUT2D eigenvalue weighted by Gasteiger charge is 2.30. The fourth-order valence-corrected chi connectivity index (χ4v) is 1.83. The van der Waals surface area contributed by atoms with E-state index in [4.69, 9.17) is 17.3 Å². The molecule has 0 radical (unpaired) electrons. The molecule has 0 aliphatic heterocycles. The maximum absolute atomic E-state index is 12.2. The number of rotatable bonds is 5. The van der Waals surface area contributed by atoms with Crippen LogP contribution in [0, 0.1) is 5.41 Å². The number of amides is 1. The van der Waals surface area contributed by atoms with E-state index in [1.54, 1.807) is 0 Å². The minimum atomic E-state index is -0.507. The Balaban J connectivity index is 2.76. The lowest BCUT2D eigenvalue weighted by atomic mass is 9.86. The molecule has 0 aliphatic rings. The van der Waals surface area contributed by atoms with Crippen molar-refractivity contribution in [3.05, 3.63) is 34.9 Å². The summed E-state index contributed by atoms with van der Waals surface area (Å²) in [6.45, 7) is 6.14. The number of benzene rings is 1. The quantitative estimate of drug-likeness (QED) is 0.863. The van der Waals surface area contributed by atoms with Gasteiger partial charge >= 0.3 is 0 Å². The molecule has 1 amide bonds. The van der Waals surface area contributed by atoms with Gasteiger partial charge in [0.25, 0.3) is 0 Å². The van der Waals surface area contributed by atoms with E-state index in [0.29, 0.717) is 11.6 Å².